The lowest BCUT2D eigenvalue weighted by atomic mass is 10.2. The predicted molar refractivity (Wildman–Crippen MR) is 103 cm³/mol. The smallest absolute Gasteiger partial charge is 0.319 e. The number of urea groups is 1. The van der Waals surface area contributed by atoms with E-state index in [1.165, 1.54) is 11.8 Å². The molecule has 0 spiro atoms. The van der Waals surface area contributed by atoms with Crippen LogP contribution in [0.4, 0.5) is 10.5 Å². The fourth-order valence-corrected chi connectivity index (χ4v) is 3.01. The van der Waals surface area contributed by atoms with Gasteiger partial charge in [-0.2, -0.15) is 11.8 Å². The number of para-hydroxylation sites is 2. The molecule has 1 heterocycles. The highest BCUT2D eigenvalue weighted by Gasteiger charge is 2.14. The summed E-state index contributed by atoms with van der Waals surface area (Å²) in [5.74, 6) is -0.265. The van der Waals surface area contributed by atoms with Gasteiger partial charge in [0.2, 0.25) is 5.89 Å². The average molecular weight is 384 g/mol. The molecule has 140 valence electrons. The van der Waals surface area contributed by atoms with Crippen LogP contribution >= 0.6 is 11.8 Å². The molecule has 0 radical (unpaired) electrons. The van der Waals surface area contributed by atoms with E-state index in [1.807, 2.05) is 36.6 Å². The number of thioether (sulfide) groups is 1. The molecule has 3 aromatic rings. The molecule has 2 amide bonds. The Morgan fingerprint density at radius 2 is 2.04 bits per heavy atom. The molecule has 0 unspecified atom stereocenters. The molecule has 7 nitrogen and oxygen atoms in total. The second-order valence-corrected chi connectivity index (χ2v) is 6.80. The number of nitrogens with zero attached hydrogens (tertiary/aromatic N) is 1. The second kappa shape index (κ2) is 8.59. The van der Waals surface area contributed by atoms with Crippen LogP contribution in [0.25, 0.3) is 22.6 Å². The Labute approximate surface area is 160 Å². The maximum atomic E-state index is 12.1. The molecule has 8 heteroatoms. The Kier molecular flexibility index (Phi) is 5.97. The topological polar surface area (TPSA) is 107 Å². The van der Waals surface area contributed by atoms with Crippen molar-refractivity contribution in [2.75, 3.05) is 17.3 Å². The van der Waals surface area contributed by atoms with Crippen molar-refractivity contribution in [2.45, 2.75) is 12.5 Å². The van der Waals surface area contributed by atoms with E-state index in [2.05, 4.69) is 15.6 Å². The number of benzene rings is 2. The van der Waals surface area contributed by atoms with E-state index >= 15 is 0 Å². The van der Waals surface area contributed by atoms with E-state index in [-0.39, 0.29) is 0 Å². The number of amides is 2. The predicted octanol–water partition coefficient (Wildman–Crippen LogP) is 2.49. The van der Waals surface area contributed by atoms with Crippen LogP contribution in [0.5, 0.6) is 0 Å². The normalized spacial score (nSPS) is 11.9. The van der Waals surface area contributed by atoms with Crippen molar-refractivity contribution in [1.29, 1.82) is 0 Å². The molecule has 2 N–H and O–H groups in total. The van der Waals surface area contributed by atoms with Crippen molar-refractivity contribution in [3.8, 4) is 11.5 Å². The minimum Gasteiger partial charge on any atom is -0.548 e. The summed E-state index contributed by atoms with van der Waals surface area (Å²) in [6.45, 7) is 0. The molecule has 0 fully saturated rings. The Morgan fingerprint density at radius 1 is 1.22 bits per heavy atom. The van der Waals surface area contributed by atoms with Gasteiger partial charge in [-0.1, -0.05) is 18.2 Å². The molecule has 0 saturated carbocycles. The van der Waals surface area contributed by atoms with E-state index in [9.17, 15) is 14.7 Å². The fraction of sp³-hybridized carbons (Fsp3) is 0.211. The van der Waals surface area contributed by atoms with Crippen LogP contribution in [0.2, 0.25) is 0 Å². The number of anilines is 1. The third kappa shape index (κ3) is 4.79. The van der Waals surface area contributed by atoms with E-state index in [1.54, 1.807) is 18.2 Å². The lowest BCUT2D eigenvalue weighted by molar-refractivity contribution is -0.308. The fourth-order valence-electron chi connectivity index (χ4n) is 2.54. The van der Waals surface area contributed by atoms with Gasteiger partial charge in [-0.3, -0.25) is 0 Å². The molecule has 0 aliphatic heterocycles. The van der Waals surface area contributed by atoms with Gasteiger partial charge in [0.25, 0.3) is 0 Å². The molecule has 2 aromatic carbocycles. The number of carbonyl (C=O) groups excluding carboxylic acids is 2. The van der Waals surface area contributed by atoms with Crippen LogP contribution in [0, 0.1) is 0 Å². The Balaban J connectivity index is 1.71. The van der Waals surface area contributed by atoms with Gasteiger partial charge in [0.05, 0.1) is 12.0 Å². The molecule has 27 heavy (non-hydrogen) atoms. The van der Waals surface area contributed by atoms with Gasteiger partial charge in [-0.15, -0.1) is 0 Å². The first-order chi connectivity index (χ1) is 13.1. The van der Waals surface area contributed by atoms with Crippen LogP contribution in [0.15, 0.2) is 52.9 Å². The molecule has 1 atom stereocenters. The van der Waals surface area contributed by atoms with Gasteiger partial charge in [0.15, 0.2) is 5.58 Å². The molecule has 0 aliphatic rings. The van der Waals surface area contributed by atoms with Crippen molar-refractivity contribution in [2.24, 2.45) is 0 Å². The minimum absolute atomic E-state index is 0.292. The zero-order valence-electron chi connectivity index (χ0n) is 14.6. The molecule has 3 rings (SSSR count). The van der Waals surface area contributed by atoms with Gasteiger partial charge in [0.1, 0.15) is 5.52 Å². The minimum atomic E-state index is -1.31. The zero-order chi connectivity index (χ0) is 19.2. The lowest BCUT2D eigenvalue weighted by Crippen LogP contribution is -2.49. The molecule has 0 aliphatic carbocycles. The quantitative estimate of drug-likeness (QED) is 0.648. The van der Waals surface area contributed by atoms with Crippen LogP contribution in [0.1, 0.15) is 6.42 Å². The standard InChI is InChI=1S/C19H19N3O4S/c1-27-10-9-15(18(23)24)22-19(25)20-13-6-4-5-12(11-13)17-21-14-7-2-3-8-16(14)26-17/h2-8,11,15H,9-10H2,1H3,(H,23,24)(H2,20,22,25)/p-1/t15-/m0/s1. The Morgan fingerprint density at radius 3 is 2.78 bits per heavy atom. The van der Waals surface area contributed by atoms with Gasteiger partial charge >= 0.3 is 6.03 Å². The van der Waals surface area contributed by atoms with E-state index in [0.29, 0.717) is 34.9 Å². The highest BCUT2D eigenvalue weighted by molar-refractivity contribution is 7.98. The number of aliphatic carboxylic acids is 1. The number of nitrogens with one attached hydrogen (secondary N) is 2. The average Bonchev–Trinajstić information content (AvgIpc) is 3.09. The zero-order valence-corrected chi connectivity index (χ0v) is 15.4. The van der Waals surface area contributed by atoms with Crippen LogP contribution in [-0.2, 0) is 4.79 Å². The first-order valence-electron chi connectivity index (χ1n) is 8.30. The third-order valence-electron chi connectivity index (χ3n) is 3.86. The number of hydrogen-bond acceptors (Lipinski definition) is 6. The van der Waals surface area contributed by atoms with Crippen molar-refractivity contribution >= 4 is 40.5 Å². The second-order valence-electron chi connectivity index (χ2n) is 5.82. The van der Waals surface area contributed by atoms with Crippen molar-refractivity contribution in [3.63, 3.8) is 0 Å². The number of carboxylic acids is 1. The lowest BCUT2D eigenvalue weighted by Gasteiger charge is -2.19. The summed E-state index contributed by atoms with van der Waals surface area (Å²) in [7, 11) is 0. The number of aromatic nitrogens is 1. The Hall–Kier alpha value is -3.00. The number of fused-ring (bicyclic) bond motifs is 1. The summed E-state index contributed by atoms with van der Waals surface area (Å²) in [6, 6.07) is 12.7. The SMILES string of the molecule is CSCC[C@H](NC(=O)Nc1cccc(-c2nc3ccccc3o2)c1)C(=O)[O-]. The van der Waals surface area contributed by atoms with Gasteiger partial charge in [-0.05, 0) is 48.8 Å². The van der Waals surface area contributed by atoms with Crippen LogP contribution < -0.4 is 15.7 Å². The molecule has 0 saturated heterocycles. The Bertz CT molecular complexity index is 924. The summed E-state index contributed by atoms with van der Waals surface area (Å²) in [5, 5.41) is 16.2. The molecular weight excluding hydrogens is 366 g/mol. The van der Waals surface area contributed by atoms with Crippen molar-refractivity contribution in [3.05, 3.63) is 48.5 Å². The van der Waals surface area contributed by atoms with Crippen molar-refractivity contribution in [1.82, 2.24) is 10.3 Å². The number of rotatable bonds is 7. The highest BCUT2D eigenvalue weighted by atomic mass is 32.2. The van der Waals surface area contributed by atoms with E-state index in [0.717, 1.165) is 5.52 Å². The van der Waals surface area contributed by atoms with Crippen LogP contribution in [-0.4, -0.2) is 35.0 Å². The number of carboxylic acid groups (broad SMARTS) is 1. The summed E-state index contributed by atoms with van der Waals surface area (Å²) >= 11 is 1.50. The first-order valence-corrected chi connectivity index (χ1v) is 9.69. The summed E-state index contributed by atoms with van der Waals surface area (Å²) in [5.41, 5.74) is 2.61. The van der Waals surface area contributed by atoms with Gasteiger partial charge < -0.3 is 25.0 Å². The maximum absolute atomic E-state index is 12.1. The number of oxazole rings is 1. The van der Waals surface area contributed by atoms with E-state index in [4.69, 9.17) is 4.42 Å². The monoisotopic (exact) mass is 384 g/mol. The van der Waals surface area contributed by atoms with Crippen molar-refractivity contribution < 1.29 is 19.1 Å². The summed E-state index contributed by atoms with van der Waals surface area (Å²) < 4.78 is 5.73. The van der Waals surface area contributed by atoms with E-state index < -0.39 is 18.0 Å². The number of carbonyl (C=O) groups is 2. The third-order valence-corrected chi connectivity index (χ3v) is 4.51. The molecule has 0 bridgehead atoms. The summed E-state index contributed by atoms with van der Waals surface area (Å²) in [4.78, 5) is 27.7. The molecular formula is C19H18N3O4S-. The summed E-state index contributed by atoms with van der Waals surface area (Å²) in [6.07, 6.45) is 2.16. The molecule has 1 aromatic heterocycles. The first kappa shape index (κ1) is 18.8. The highest BCUT2D eigenvalue weighted by Crippen LogP contribution is 2.26. The number of hydrogen-bond donors (Lipinski definition) is 2. The van der Waals surface area contributed by atoms with Gasteiger partial charge in [0, 0.05) is 11.3 Å². The largest absolute Gasteiger partial charge is 0.548 e. The maximum Gasteiger partial charge on any atom is 0.319 e. The van der Waals surface area contributed by atoms with Crippen LogP contribution in [0.3, 0.4) is 0 Å². The van der Waals surface area contributed by atoms with Gasteiger partial charge in [-0.25, -0.2) is 9.78 Å².